The molecular formula is C13H18ClNO4S2. The largest absolute Gasteiger partial charge is 0.229 e. The Hall–Kier alpha value is -0.630. The zero-order valence-corrected chi connectivity index (χ0v) is 14.1. The van der Waals surface area contributed by atoms with Crippen LogP contribution in [0.3, 0.4) is 0 Å². The third-order valence-corrected chi connectivity index (χ3v) is 7.45. The molecule has 0 saturated carbocycles. The van der Waals surface area contributed by atoms with E-state index in [-0.39, 0.29) is 18.8 Å². The van der Waals surface area contributed by atoms with Gasteiger partial charge in [0.1, 0.15) is 9.84 Å². The predicted octanol–water partition coefficient (Wildman–Crippen LogP) is 1.68. The standard InChI is InChI=1S/C13H18ClNO4S2/c1-20(16,17)13-6-8-15(9-7-13)21(18,19)10-11-2-4-12(14)5-3-11/h2-5,13H,6-10H2,1H3. The summed E-state index contributed by atoms with van der Waals surface area (Å²) in [5.41, 5.74) is 0.671. The quantitative estimate of drug-likeness (QED) is 0.827. The highest BCUT2D eigenvalue weighted by molar-refractivity contribution is 7.91. The zero-order valence-electron chi connectivity index (χ0n) is 11.7. The highest BCUT2D eigenvalue weighted by Crippen LogP contribution is 2.22. The van der Waals surface area contributed by atoms with Gasteiger partial charge in [-0.25, -0.2) is 21.1 Å². The van der Waals surface area contributed by atoms with Crippen molar-refractivity contribution >= 4 is 31.5 Å². The predicted molar refractivity (Wildman–Crippen MR) is 83.5 cm³/mol. The topological polar surface area (TPSA) is 71.5 Å². The van der Waals surface area contributed by atoms with E-state index in [1.807, 2.05) is 0 Å². The third kappa shape index (κ3) is 4.42. The molecule has 0 aromatic heterocycles. The average Bonchev–Trinajstić information content (AvgIpc) is 2.40. The SMILES string of the molecule is CS(=O)(=O)C1CCN(S(=O)(=O)Cc2ccc(Cl)cc2)CC1. The van der Waals surface area contributed by atoms with Gasteiger partial charge in [0.15, 0.2) is 0 Å². The molecule has 21 heavy (non-hydrogen) atoms. The summed E-state index contributed by atoms with van der Waals surface area (Å²) in [7, 11) is -6.52. The summed E-state index contributed by atoms with van der Waals surface area (Å²) in [6.07, 6.45) is 1.92. The van der Waals surface area contributed by atoms with E-state index in [2.05, 4.69) is 0 Å². The maximum Gasteiger partial charge on any atom is 0.218 e. The molecule has 118 valence electrons. The number of rotatable bonds is 4. The van der Waals surface area contributed by atoms with E-state index in [1.54, 1.807) is 24.3 Å². The molecule has 0 atom stereocenters. The fraction of sp³-hybridized carbons (Fsp3) is 0.538. The van der Waals surface area contributed by atoms with E-state index in [4.69, 9.17) is 11.6 Å². The van der Waals surface area contributed by atoms with Gasteiger partial charge in [0.05, 0.1) is 11.0 Å². The molecule has 0 radical (unpaired) electrons. The van der Waals surface area contributed by atoms with E-state index >= 15 is 0 Å². The second kappa shape index (κ2) is 6.24. The Labute approximate surface area is 130 Å². The van der Waals surface area contributed by atoms with Crippen LogP contribution in [0.5, 0.6) is 0 Å². The summed E-state index contributed by atoms with van der Waals surface area (Å²) in [5, 5.41) is 0.129. The second-order valence-corrected chi connectivity index (χ2v) is 10.0. The monoisotopic (exact) mass is 351 g/mol. The van der Waals surface area contributed by atoms with Crippen LogP contribution in [0.15, 0.2) is 24.3 Å². The summed E-state index contributed by atoms with van der Waals surface area (Å²) in [4.78, 5) is 0. The Kier molecular flexibility index (Phi) is 4.97. The fourth-order valence-corrected chi connectivity index (χ4v) is 5.18. The summed E-state index contributed by atoms with van der Waals surface area (Å²) >= 11 is 5.77. The number of piperidine rings is 1. The van der Waals surface area contributed by atoms with E-state index in [9.17, 15) is 16.8 Å². The Balaban J connectivity index is 2.03. The minimum absolute atomic E-state index is 0.0896. The number of hydrogen-bond donors (Lipinski definition) is 0. The maximum atomic E-state index is 12.3. The molecule has 0 aliphatic carbocycles. The highest BCUT2D eigenvalue weighted by atomic mass is 35.5. The Morgan fingerprint density at radius 3 is 2.10 bits per heavy atom. The maximum absolute atomic E-state index is 12.3. The lowest BCUT2D eigenvalue weighted by Crippen LogP contribution is -2.42. The molecule has 2 rings (SSSR count). The van der Waals surface area contributed by atoms with Crippen molar-refractivity contribution in [3.05, 3.63) is 34.9 Å². The molecule has 0 amide bonds. The van der Waals surface area contributed by atoms with Gasteiger partial charge in [0.2, 0.25) is 10.0 Å². The van der Waals surface area contributed by atoms with E-state index in [0.717, 1.165) is 0 Å². The van der Waals surface area contributed by atoms with Crippen LogP contribution in [-0.4, -0.2) is 45.7 Å². The van der Waals surface area contributed by atoms with Crippen LogP contribution in [0.2, 0.25) is 5.02 Å². The van der Waals surface area contributed by atoms with Crippen LogP contribution in [0.1, 0.15) is 18.4 Å². The summed E-state index contributed by atoms with van der Waals surface area (Å²) < 4.78 is 49.0. The Morgan fingerprint density at radius 1 is 1.10 bits per heavy atom. The molecule has 1 saturated heterocycles. The van der Waals surface area contributed by atoms with Crippen molar-refractivity contribution in [2.45, 2.75) is 23.8 Å². The van der Waals surface area contributed by atoms with Gasteiger partial charge in [-0.3, -0.25) is 0 Å². The molecule has 8 heteroatoms. The van der Waals surface area contributed by atoms with Gasteiger partial charge in [-0.15, -0.1) is 0 Å². The number of sulfone groups is 1. The first kappa shape index (κ1) is 16.7. The van der Waals surface area contributed by atoms with Crippen LogP contribution in [0.4, 0.5) is 0 Å². The first-order chi connectivity index (χ1) is 9.68. The lowest BCUT2D eigenvalue weighted by molar-refractivity contribution is 0.345. The van der Waals surface area contributed by atoms with Crippen LogP contribution < -0.4 is 0 Å². The van der Waals surface area contributed by atoms with Crippen LogP contribution in [0, 0.1) is 0 Å². The van der Waals surface area contributed by atoms with Crippen molar-refractivity contribution in [1.29, 1.82) is 0 Å². The fourth-order valence-electron chi connectivity index (χ4n) is 2.42. The summed E-state index contributed by atoms with van der Waals surface area (Å²) in [5.74, 6) is -0.0896. The second-order valence-electron chi connectivity index (χ2n) is 5.31. The van der Waals surface area contributed by atoms with Crippen LogP contribution >= 0.6 is 11.6 Å². The van der Waals surface area contributed by atoms with Gasteiger partial charge in [0.25, 0.3) is 0 Å². The molecular weight excluding hydrogens is 334 g/mol. The van der Waals surface area contributed by atoms with Crippen LogP contribution in [-0.2, 0) is 25.6 Å². The third-order valence-electron chi connectivity index (χ3n) is 3.66. The minimum atomic E-state index is -3.42. The highest BCUT2D eigenvalue weighted by Gasteiger charge is 2.32. The van der Waals surface area contributed by atoms with Crippen molar-refractivity contribution in [3.8, 4) is 0 Å². The smallest absolute Gasteiger partial charge is 0.218 e. The molecule has 0 N–H and O–H groups in total. The van der Waals surface area contributed by atoms with Crippen molar-refractivity contribution in [2.24, 2.45) is 0 Å². The summed E-state index contributed by atoms with van der Waals surface area (Å²) in [6.45, 7) is 0.515. The Morgan fingerprint density at radius 2 is 1.62 bits per heavy atom. The van der Waals surface area contributed by atoms with Gasteiger partial charge >= 0.3 is 0 Å². The minimum Gasteiger partial charge on any atom is -0.229 e. The van der Waals surface area contributed by atoms with Gasteiger partial charge < -0.3 is 0 Å². The molecule has 1 aromatic carbocycles. The van der Waals surface area contributed by atoms with Gasteiger partial charge in [-0.05, 0) is 30.5 Å². The van der Waals surface area contributed by atoms with Crippen molar-refractivity contribution < 1.29 is 16.8 Å². The molecule has 0 bridgehead atoms. The first-order valence-electron chi connectivity index (χ1n) is 6.59. The number of halogens is 1. The molecule has 1 aliphatic rings. The van der Waals surface area contributed by atoms with Crippen molar-refractivity contribution in [2.75, 3.05) is 19.3 Å². The van der Waals surface area contributed by atoms with Gasteiger partial charge in [-0.2, -0.15) is 0 Å². The first-order valence-corrected chi connectivity index (χ1v) is 10.5. The normalized spacial score (nSPS) is 18.8. The molecule has 0 unspecified atom stereocenters. The van der Waals surface area contributed by atoms with E-state index < -0.39 is 25.1 Å². The van der Waals surface area contributed by atoms with Crippen molar-refractivity contribution in [1.82, 2.24) is 4.31 Å². The molecule has 1 aliphatic heterocycles. The summed E-state index contributed by atoms with van der Waals surface area (Å²) in [6, 6.07) is 6.68. The number of benzene rings is 1. The molecule has 1 fully saturated rings. The molecule has 0 spiro atoms. The van der Waals surface area contributed by atoms with Crippen LogP contribution in [0.25, 0.3) is 0 Å². The molecule has 1 aromatic rings. The molecule has 1 heterocycles. The lowest BCUT2D eigenvalue weighted by atomic mass is 10.2. The van der Waals surface area contributed by atoms with E-state index in [1.165, 1.54) is 10.6 Å². The van der Waals surface area contributed by atoms with Gasteiger partial charge in [-0.1, -0.05) is 23.7 Å². The number of sulfonamides is 1. The average molecular weight is 352 g/mol. The zero-order chi connectivity index (χ0) is 15.7. The number of nitrogens with zero attached hydrogens (tertiary/aromatic N) is 1. The Bertz CT molecular complexity index is 690. The molecule has 5 nitrogen and oxygen atoms in total. The lowest BCUT2D eigenvalue weighted by Gasteiger charge is -2.30. The van der Waals surface area contributed by atoms with E-state index in [0.29, 0.717) is 23.4 Å². The number of hydrogen-bond acceptors (Lipinski definition) is 4. The van der Waals surface area contributed by atoms with Crippen molar-refractivity contribution in [3.63, 3.8) is 0 Å². The van der Waals surface area contributed by atoms with Gasteiger partial charge in [0, 0.05) is 24.4 Å².